The van der Waals surface area contributed by atoms with E-state index >= 15 is 0 Å². The SMILES string of the molecule is C/N=C\c1ccccc1/C=C/C(C)C. The van der Waals surface area contributed by atoms with Crippen molar-refractivity contribution < 1.29 is 0 Å². The molecule has 1 aromatic rings. The third kappa shape index (κ3) is 3.17. The zero-order chi connectivity index (χ0) is 10.4. The molecular formula is C13H17N. The summed E-state index contributed by atoms with van der Waals surface area (Å²) in [6.07, 6.45) is 6.24. The second kappa shape index (κ2) is 5.38. The van der Waals surface area contributed by atoms with E-state index in [2.05, 4.69) is 43.1 Å². The van der Waals surface area contributed by atoms with Crippen molar-refractivity contribution in [2.75, 3.05) is 7.05 Å². The van der Waals surface area contributed by atoms with E-state index in [-0.39, 0.29) is 0 Å². The van der Waals surface area contributed by atoms with Crippen molar-refractivity contribution in [3.05, 3.63) is 41.5 Å². The first-order chi connectivity index (χ1) is 6.74. The van der Waals surface area contributed by atoms with Gasteiger partial charge in [-0.05, 0) is 17.0 Å². The minimum absolute atomic E-state index is 0.585. The Hall–Kier alpha value is -1.37. The van der Waals surface area contributed by atoms with Gasteiger partial charge in [-0.15, -0.1) is 0 Å². The first-order valence-electron chi connectivity index (χ1n) is 4.93. The fraction of sp³-hybridized carbons (Fsp3) is 0.308. The van der Waals surface area contributed by atoms with E-state index in [0.29, 0.717) is 5.92 Å². The van der Waals surface area contributed by atoms with Gasteiger partial charge in [-0.3, -0.25) is 4.99 Å². The van der Waals surface area contributed by atoms with E-state index in [1.165, 1.54) is 11.1 Å². The zero-order valence-electron chi connectivity index (χ0n) is 9.07. The van der Waals surface area contributed by atoms with Crippen LogP contribution in [-0.2, 0) is 0 Å². The standard InChI is InChI=1S/C13H17N/c1-11(2)8-9-12-6-4-5-7-13(12)10-14-3/h4-11H,1-3H3/b9-8+,14-10-. The van der Waals surface area contributed by atoms with Crippen LogP contribution >= 0.6 is 0 Å². The Balaban J connectivity index is 2.95. The number of nitrogens with zero attached hydrogens (tertiary/aromatic N) is 1. The minimum Gasteiger partial charge on any atom is -0.296 e. The van der Waals surface area contributed by atoms with Crippen LogP contribution in [0.5, 0.6) is 0 Å². The molecule has 0 spiro atoms. The molecule has 14 heavy (non-hydrogen) atoms. The fourth-order valence-corrected chi connectivity index (χ4v) is 1.22. The lowest BCUT2D eigenvalue weighted by molar-refractivity contribution is 0.836. The Morgan fingerprint density at radius 1 is 1.14 bits per heavy atom. The molecule has 0 unspecified atom stereocenters. The Morgan fingerprint density at radius 3 is 2.36 bits per heavy atom. The molecule has 1 rings (SSSR count). The molecule has 0 aliphatic carbocycles. The van der Waals surface area contributed by atoms with Crippen LogP contribution in [0.3, 0.4) is 0 Å². The average molecular weight is 187 g/mol. The van der Waals surface area contributed by atoms with Crippen LogP contribution in [0, 0.1) is 5.92 Å². The maximum Gasteiger partial charge on any atom is 0.0287 e. The van der Waals surface area contributed by atoms with E-state index in [1.807, 2.05) is 18.3 Å². The molecule has 1 aromatic carbocycles. The van der Waals surface area contributed by atoms with E-state index in [1.54, 1.807) is 7.05 Å². The highest BCUT2D eigenvalue weighted by atomic mass is 14.6. The van der Waals surface area contributed by atoms with Crippen LogP contribution in [0.25, 0.3) is 6.08 Å². The summed E-state index contributed by atoms with van der Waals surface area (Å²) in [5.74, 6) is 0.585. The summed E-state index contributed by atoms with van der Waals surface area (Å²) in [6.45, 7) is 4.35. The summed E-state index contributed by atoms with van der Waals surface area (Å²) >= 11 is 0. The highest BCUT2D eigenvalue weighted by Crippen LogP contribution is 2.10. The molecule has 0 saturated heterocycles. The van der Waals surface area contributed by atoms with Crippen LogP contribution in [-0.4, -0.2) is 13.3 Å². The van der Waals surface area contributed by atoms with Crippen molar-refractivity contribution in [1.29, 1.82) is 0 Å². The van der Waals surface area contributed by atoms with Crippen molar-refractivity contribution in [2.45, 2.75) is 13.8 Å². The van der Waals surface area contributed by atoms with Gasteiger partial charge in [0.2, 0.25) is 0 Å². The largest absolute Gasteiger partial charge is 0.296 e. The van der Waals surface area contributed by atoms with E-state index < -0.39 is 0 Å². The van der Waals surface area contributed by atoms with Crippen LogP contribution in [0.4, 0.5) is 0 Å². The second-order valence-corrected chi connectivity index (χ2v) is 3.62. The monoisotopic (exact) mass is 187 g/mol. The third-order valence-electron chi connectivity index (χ3n) is 1.92. The number of allylic oxidation sites excluding steroid dienone is 1. The summed E-state index contributed by atoms with van der Waals surface area (Å²) in [5, 5.41) is 0. The normalized spacial score (nSPS) is 12.0. The van der Waals surface area contributed by atoms with Crippen LogP contribution in [0.1, 0.15) is 25.0 Å². The van der Waals surface area contributed by atoms with Crippen molar-refractivity contribution in [2.24, 2.45) is 10.9 Å². The predicted molar refractivity (Wildman–Crippen MR) is 63.8 cm³/mol. The van der Waals surface area contributed by atoms with Gasteiger partial charge in [0.05, 0.1) is 0 Å². The van der Waals surface area contributed by atoms with Gasteiger partial charge in [-0.25, -0.2) is 0 Å². The van der Waals surface area contributed by atoms with Gasteiger partial charge in [-0.1, -0.05) is 50.3 Å². The molecule has 0 aliphatic heterocycles. The summed E-state index contributed by atoms with van der Waals surface area (Å²) in [6, 6.07) is 8.26. The number of benzene rings is 1. The average Bonchev–Trinajstić information content (AvgIpc) is 2.17. The summed E-state index contributed by atoms with van der Waals surface area (Å²) in [4.78, 5) is 4.03. The molecule has 1 heteroatoms. The van der Waals surface area contributed by atoms with Crippen molar-refractivity contribution in [3.63, 3.8) is 0 Å². The van der Waals surface area contributed by atoms with Gasteiger partial charge >= 0.3 is 0 Å². The quantitative estimate of drug-likeness (QED) is 0.643. The molecule has 0 bridgehead atoms. The van der Waals surface area contributed by atoms with Crippen LogP contribution in [0.15, 0.2) is 35.3 Å². The minimum atomic E-state index is 0.585. The molecule has 0 N–H and O–H groups in total. The molecule has 0 aliphatic rings. The first-order valence-corrected chi connectivity index (χ1v) is 4.93. The number of hydrogen-bond donors (Lipinski definition) is 0. The molecule has 0 heterocycles. The maximum atomic E-state index is 4.03. The molecule has 0 amide bonds. The molecule has 0 aromatic heterocycles. The smallest absolute Gasteiger partial charge is 0.0287 e. The molecule has 0 saturated carbocycles. The lowest BCUT2D eigenvalue weighted by Gasteiger charge is -2.00. The number of rotatable bonds is 3. The molecule has 74 valence electrons. The summed E-state index contributed by atoms with van der Waals surface area (Å²) in [7, 11) is 1.79. The third-order valence-corrected chi connectivity index (χ3v) is 1.92. The molecular weight excluding hydrogens is 170 g/mol. The lowest BCUT2D eigenvalue weighted by atomic mass is 10.1. The Bertz CT molecular complexity index is 335. The molecule has 0 atom stereocenters. The van der Waals surface area contributed by atoms with E-state index in [9.17, 15) is 0 Å². The molecule has 1 nitrogen and oxygen atoms in total. The summed E-state index contributed by atoms with van der Waals surface area (Å²) < 4.78 is 0. The van der Waals surface area contributed by atoms with E-state index in [0.717, 1.165) is 0 Å². The van der Waals surface area contributed by atoms with Gasteiger partial charge in [0.25, 0.3) is 0 Å². The fourth-order valence-electron chi connectivity index (χ4n) is 1.22. The van der Waals surface area contributed by atoms with Gasteiger partial charge in [0.15, 0.2) is 0 Å². The lowest BCUT2D eigenvalue weighted by Crippen LogP contribution is -1.86. The summed E-state index contributed by atoms with van der Waals surface area (Å²) in [5.41, 5.74) is 2.40. The number of hydrogen-bond acceptors (Lipinski definition) is 1. The zero-order valence-corrected chi connectivity index (χ0v) is 9.07. The Kier molecular flexibility index (Phi) is 4.11. The highest BCUT2D eigenvalue weighted by Gasteiger charge is 1.94. The highest BCUT2D eigenvalue weighted by molar-refractivity contribution is 5.85. The van der Waals surface area contributed by atoms with Gasteiger partial charge in [0.1, 0.15) is 0 Å². The Labute approximate surface area is 86.2 Å². The van der Waals surface area contributed by atoms with E-state index in [4.69, 9.17) is 0 Å². The van der Waals surface area contributed by atoms with Crippen LogP contribution in [0.2, 0.25) is 0 Å². The molecule has 0 fully saturated rings. The number of aliphatic imine (C=N–C) groups is 1. The van der Waals surface area contributed by atoms with Gasteiger partial charge in [-0.2, -0.15) is 0 Å². The topological polar surface area (TPSA) is 12.4 Å². The molecule has 0 radical (unpaired) electrons. The van der Waals surface area contributed by atoms with Gasteiger partial charge < -0.3 is 0 Å². The predicted octanol–water partition coefficient (Wildman–Crippen LogP) is 3.40. The van der Waals surface area contributed by atoms with Crippen molar-refractivity contribution >= 4 is 12.3 Å². The Morgan fingerprint density at radius 2 is 1.79 bits per heavy atom. The maximum absolute atomic E-state index is 4.03. The first kappa shape index (κ1) is 10.7. The van der Waals surface area contributed by atoms with Crippen LogP contribution < -0.4 is 0 Å². The van der Waals surface area contributed by atoms with Crippen molar-refractivity contribution in [1.82, 2.24) is 0 Å². The second-order valence-electron chi connectivity index (χ2n) is 3.62. The van der Waals surface area contributed by atoms with Gasteiger partial charge in [0, 0.05) is 13.3 Å². The van der Waals surface area contributed by atoms with Crippen molar-refractivity contribution in [3.8, 4) is 0 Å².